The largest absolute Gasteiger partial charge is 0.466 e. The Morgan fingerprint density at radius 2 is 2.33 bits per heavy atom. The molecule has 1 saturated heterocycles. The van der Waals surface area contributed by atoms with E-state index in [2.05, 4.69) is 6.92 Å². The van der Waals surface area contributed by atoms with Gasteiger partial charge in [-0.2, -0.15) is 0 Å². The lowest BCUT2D eigenvalue weighted by atomic mass is 10.1. The van der Waals surface area contributed by atoms with E-state index in [0.717, 1.165) is 12.8 Å². The molecular weight excluding hydrogens is 216 g/mol. The number of ether oxygens (including phenoxy) is 2. The molecule has 1 fully saturated rings. The summed E-state index contributed by atoms with van der Waals surface area (Å²) in [7, 11) is 0. The van der Waals surface area contributed by atoms with Gasteiger partial charge in [-0.15, -0.1) is 11.6 Å². The molecule has 0 spiro atoms. The van der Waals surface area contributed by atoms with Crippen LogP contribution in [0.4, 0.5) is 0 Å². The van der Waals surface area contributed by atoms with Gasteiger partial charge in [-0.3, -0.25) is 4.79 Å². The summed E-state index contributed by atoms with van der Waals surface area (Å²) in [6, 6.07) is 0. The third-order valence-electron chi connectivity index (χ3n) is 2.60. The van der Waals surface area contributed by atoms with Gasteiger partial charge < -0.3 is 9.47 Å². The first-order valence-corrected chi connectivity index (χ1v) is 6.02. The van der Waals surface area contributed by atoms with Crippen molar-refractivity contribution in [3.05, 3.63) is 0 Å². The highest BCUT2D eigenvalue weighted by Crippen LogP contribution is 2.26. The van der Waals surface area contributed by atoms with Crippen LogP contribution in [0.3, 0.4) is 0 Å². The monoisotopic (exact) mass is 234 g/mol. The molecule has 4 heteroatoms. The minimum Gasteiger partial charge on any atom is -0.466 e. The highest BCUT2D eigenvalue weighted by Gasteiger charge is 2.28. The number of hydrogen-bond donors (Lipinski definition) is 0. The molecule has 0 saturated carbocycles. The van der Waals surface area contributed by atoms with Crippen molar-refractivity contribution in [2.24, 2.45) is 0 Å². The van der Waals surface area contributed by atoms with Crippen LogP contribution in [0.15, 0.2) is 0 Å². The second kappa shape index (κ2) is 6.33. The van der Waals surface area contributed by atoms with E-state index in [1.165, 1.54) is 0 Å². The standard InChI is InChI=1S/C11H19ClO3/c1-3-14-11(13)7-5-9(12)10-6-4-8(2)15-10/h8-10H,3-7H2,1-2H3. The average Bonchev–Trinajstić information content (AvgIpc) is 2.62. The maximum atomic E-state index is 11.1. The summed E-state index contributed by atoms with van der Waals surface area (Å²) in [6.07, 6.45) is 3.49. The van der Waals surface area contributed by atoms with Crippen LogP contribution in [0.1, 0.15) is 39.5 Å². The number of esters is 1. The van der Waals surface area contributed by atoms with Gasteiger partial charge in [-0.25, -0.2) is 0 Å². The second-order valence-electron chi connectivity index (χ2n) is 3.92. The number of carbonyl (C=O) groups excluding carboxylic acids is 1. The first-order chi connectivity index (χ1) is 7.13. The fraction of sp³-hybridized carbons (Fsp3) is 0.909. The molecule has 88 valence electrons. The van der Waals surface area contributed by atoms with Crippen molar-refractivity contribution in [2.75, 3.05) is 6.61 Å². The van der Waals surface area contributed by atoms with Gasteiger partial charge in [0.2, 0.25) is 0 Å². The summed E-state index contributed by atoms with van der Waals surface area (Å²) in [4.78, 5) is 11.1. The molecule has 0 radical (unpaired) electrons. The molecule has 0 aromatic rings. The Bertz CT molecular complexity index is 208. The van der Waals surface area contributed by atoms with E-state index in [9.17, 15) is 4.79 Å². The van der Waals surface area contributed by atoms with Crippen LogP contribution >= 0.6 is 11.6 Å². The van der Waals surface area contributed by atoms with Crippen molar-refractivity contribution in [1.82, 2.24) is 0 Å². The van der Waals surface area contributed by atoms with Gasteiger partial charge in [0, 0.05) is 6.42 Å². The summed E-state index contributed by atoms with van der Waals surface area (Å²) >= 11 is 6.16. The summed E-state index contributed by atoms with van der Waals surface area (Å²) < 4.78 is 10.5. The molecule has 0 aliphatic carbocycles. The summed E-state index contributed by atoms with van der Waals surface area (Å²) in [5.41, 5.74) is 0. The molecule has 0 bridgehead atoms. The maximum absolute atomic E-state index is 11.1. The number of alkyl halides is 1. The summed E-state index contributed by atoms with van der Waals surface area (Å²) in [5, 5.41) is -0.0700. The number of hydrogen-bond acceptors (Lipinski definition) is 3. The van der Waals surface area contributed by atoms with Gasteiger partial charge in [-0.05, 0) is 33.1 Å². The SMILES string of the molecule is CCOC(=O)CCC(Cl)C1CCC(C)O1. The fourth-order valence-electron chi connectivity index (χ4n) is 1.77. The Kier molecular flexibility index (Phi) is 5.40. The Labute approximate surface area is 96.1 Å². The molecule has 15 heavy (non-hydrogen) atoms. The molecule has 1 heterocycles. The van der Waals surface area contributed by atoms with E-state index in [4.69, 9.17) is 21.1 Å². The molecule has 3 unspecified atom stereocenters. The van der Waals surface area contributed by atoms with Gasteiger partial charge in [0.15, 0.2) is 0 Å². The smallest absolute Gasteiger partial charge is 0.305 e. The minimum absolute atomic E-state index is 0.0700. The molecule has 0 amide bonds. The van der Waals surface area contributed by atoms with Gasteiger partial charge in [0.1, 0.15) is 0 Å². The van der Waals surface area contributed by atoms with E-state index >= 15 is 0 Å². The van der Waals surface area contributed by atoms with E-state index < -0.39 is 0 Å². The van der Waals surface area contributed by atoms with E-state index in [-0.39, 0.29) is 17.5 Å². The van der Waals surface area contributed by atoms with Crippen LogP contribution in [0.25, 0.3) is 0 Å². The predicted octanol–water partition coefficient (Wildman–Crippen LogP) is 2.50. The normalized spacial score (nSPS) is 27.7. The van der Waals surface area contributed by atoms with Crippen molar-refractivity contribution in [3.63, 3.8) is 0 Å². The molecule has 1 aliphatic heterocycles. The van der Waals surface area contributed by atoms with E-state index in [0.29, 0.717) is 25.6 Å². The third kappa shape index (κ3) is 4.39. The molecule has 3 atom stereocenters. The van der Waals surface area contributed by atoms with Crippen LogP contribution in [-0.2, 0) is 14.3 Å². The lowest BCUT2D eigenvalue weighted by Gasteiger charge is -2.16. The highest BCUT2D eigenvalue weighted by atomic mass is 35.5. The highest BCUT2D eigenvalue weighted by molar-refractivity contribution is 6.21. The zero-order chi connectivity index (χ0) is 11.3. The molecular formula is C11H19ClO3. The number of halogens is 1. The predicted molar refractivity (Wildman–Crippen MR) is 59.1 cm³/mol. The Balaban J connectivity index is 2.18. The third-order valence-corrected chi connectivity index (χ3v) is 3.10. The van der Waals surface area contributed by atoms with Crippen LogP contribution in [0.2, 0.25) is 0 Å². The van der Waals surface area contributed by atoms with Gasteiger partial charge in [-0.1, -0.05) is 0 Å². The van der Waals surface area contributed by atoms with Crippen LogP contribution in [0.5, 0.6) is 0 Å². The van der Waals surface area contributed by atoms with Crippen molar-refractivity contribution in [1.29, 1.82) is 0 Å². The van der Waals surface area contributed by atoms with Gasteiger partial charge in [0.05, 0.1) is 24.2 Å². The average molecular weight is 235 g/mol. The van der Waals surface area contributed by atoms with Crippen LogP contribution in [0, 0.1) is 0 Å². The van der Waals surface area contributed by atoms with Crippen molar-refractivity contribution >= 4 is 17.6 Å². The quantitative estimate of drug-likeness (QED) is 0.542. The molecule has 3 nitrogen and oxygen atoms in total. The van der Waals surface area contributed by atoms with Gasteiger partial charge in [0.25, 0.3) is 0 Å². The van der Waals surface area contributed by atoms with Crippen LogP contribution in [-0.4, -0.2) is 30.2 Å². The molecule has 0 aromatic heterocycles. The van der Waals surface area contributed by atoms with Crippen LogP contribution < -0.4 is 0 Å². The zero-order valence-electron chi connectivity index (χ0n) is 9.37. The van der Waals surface area contributed by atoms with Crippen molar-refractivity contribution in [2.45, 2.75) is 57.1 Å². The summed E-state index contributed by atoms with van der Waals surface area (Å²) in [5.74, 6) is -0.172. The Morgan fingerprint density at radius 1 is 1.60 bits per heavy atom. The molecule has 0 aromatic carbocycles. The van der Waals surface area contributed by atoms with Crippen molar-refractivity contribution < 1.29 is 14.3 Å². The lowest BCUT2D eigenvalue weighted by molar-refractivity contribution is -0.143. The minimum atomic E-state index is -0.172. The summed E-state index contributed by atoms with van der Waals surface area (Å²) in [6.45, 7) is 4.29. The van der Waals surface area contributed by atoms with E-state index in [1.807, 2.05) is 0 Å². The molecule has 0 N–H and O–H groups in total. The zero-order valence-corrected chi connectivity index (χ0v) is 10.1. The number of carbonyl (C=O) groups is 1. The van der Waals surface area contributed by atoms with E-state index in [1.54, 1.807) is 6.92 Å². The molecule has 1 aliphatic rings. The first kappa shape index (κ1) is 12.8. The maximum Gasteiger partial charge on any atom is 0.305 e. The molecule has 1 rings (SSSR count). The first-order valence-electron chi connectivity index (χ1n) is 5.58. The fourth-order valence-corrected chi connectivity index (χ4v) is 2.07. The second-order valence-corrected chi connectivity index (χ2v) is 4.48. The number of rotatable bonds is 5. The lowest BCUT2D eigenvalue weighted by Crippen LogP contribution is -2.22. The Morgan fingerprint density at radius 3 is 2.87 bits per heavy atom. The van der Waals surface area contributed by atoms with Gasteiger partial charge >= 0.3 is 5.97 Å². The topological polar surface area (TPSA) is 35.5 Å². The Hall–Kier alpha value is -0.280. The van der Waals surface area contributed by atoms with Crippen molar-refractivity contribution in [3.8, 4) is 0 Å².